The second-order valence-corrected chi connectivity index (χ2v) is 7.82. The number of aryl methyl sites for hydroxylation is 1. The molecule has 0 aromatic heterocycles. The van der Waals surface area contributed by atoms with E-state index in [2.05, 4.69) is 0 Å². The van der Waals surface area contributed by atoms with Crippen molar-refractivity contribution in [1.29, 1.82) is 0 Å². The van der Waals surface area contributed by atoms with Gasteiger partial charge in [0.2, 0.25) is 0 Å². The van der Waals surface area contributed by atoms with E-state index in [4.69, 9.17) is 4.18 Å². The minimum Gasteiger partial charge on any atom is -0.263 e. The monoisotopic (exact) mass is 294 g/mol. The lowest BCUT2D eigenvalue weighted by Crippen LogP contribution is -2.28. The normalized spacial score (nSPS) is 30.1. The lowest BCUT2D eigenvalue weighted by atomic mass is 9.80. The van der Waals surface area contributed by atoms with E-state index in [9.17, 15) is 8.42 Å². The van der Waals surface area contributed by atoms with Crippen LogP contribution >= 0.6 is 0 Å². The third-order valence-electron chi connectivity index (χ3n) is 4.81. The van der Waals surface area contributed by atoms with Crippen molar-refractivity contribution in [2.24, 2.45) is 11.8 Å². The summed E-state index contributed by atoms with van der Waals surface area (Å²) in [5, 5.41) is 0. The second kappa shape index (κ2) is 5.49. The number of fused-ring (bicyclic) bond motifs is 1. The number of hydrogen-bond acceptors (Lipinski definition) is 3. The topological polar surface area (TPSA) is 43.4 Å². The van der Waals surface area contributed by atoms with Crippen molar-refractivity contribution in [3.8, 4) is 0 Å². The Kier molecular flexibility index (Phi) is 3.87. The maximum Gasteiger partial charge on any atom is 0.297 e. The van der Waals surface area contributed by atoms with Crippen molar-refractivity contribution in [2.75, 3.05) is 0 Å². The molecule has 2 saturated carbocycles. The Labute approximate surface area is 121 Å². The number of benzene rings is 1. The van der Waals surface area contributed by atoms with Gasteiger partial charge in [-0.1, -0.05) is 37.0 Å². The van der Waals surface area contributed by atoms with Gasteiger partial charge in [0.25, 0.3) is 10.1 Å². The third kappa shape index (κ3) is 2.91. The van der Waals surface area contributed by atoms with E-state index in [-0.39, 0.29) is 11.0 Å². The van der Waals surface area contributed by atoms with Gasteiger partial charge in [0, 0.05) is 0 Å². The van der Waals surface area contributed by atoms with Crippen LogP contribution in [0, 0.1) is 18.8 Å². The minimum atomic E-state index is -3.61. The standard InChI is InChI=1S/C16H22O3S/c1-12-5-9-16(10-6-12)20(17,18)19-15-8-7-13-3-2-4-14(13)11-15/h5-6,9-10,13-15H,2-4,7-8,11H2,1H3. The largest absolute Gasteiger partial charge is 0.297 e. The van der Waals surface area contributed by atoms with Gasteiger partial charge in [-0.05, 0) is 50.2 Å². The molecule has 0 radical (unpaired) electrons. The van der Waals surface area contributed by atoms with Gasteiger partial charge < -0.3 is 0 Å². The average Bonchev–Trinajstić information content (AvgIpc) is 2.86. The molecule has 3 rings (SSSR count). The Bertz CT molecular complexity index is 562. The zero-order valence-corrected chi connectivity index (χ0v) is 12.7. The summed E-state index contributed by atoms with van der Waals surface area (Å²) in [6.45, 7) is 1.94. The molecule has 1 aromatic carbocycles. The molecule has 1 aromatic rings. The van der Waals surface area contributed by atoms with Crippen molar-refractivity contribution in [3.63, 3.8) is 0 Å². The summed E-state index contributed by atoms with van der Waals surface area (Å²) in [7, 11) is -3.61. The van der Waals surface area contributed by atoms with Gasteiger partial charge in [-0.25, -0.2) is 0 Å². The Morgan fingerprint density at radius 1 is 1.00 bits per heavy atom. The molecule has 0 heterocycles. The maximum absolute atomic E-state index is 12.3. The lowest BCUT2D eigenvalue weighted by molar-refractivity contribution is 0.106. The zero-order chi connectivity index (χ0) is 14.2. The summed E-state index contributed by atoms with van der Waals surface area (Å²) in [6, 6.07) is 6.88. The first kappa shape index (κ1) is 14.1. The molecule has 0 saturated heterocycles. The van der Waals surface area contributed by atoms with E-state index >= 15 is 0 Å². The first-order valence-electron chi connectivity index (χ1n) is 7.54. The molecule has 4 heteroatoms. The van der Waals surface area contributed by atoms with E-state index in [1.165, 1.54) is 19.3 Å². The van der Waals surface area contributed by atoms with Gasteiger partial charge in [0.15, 0.2) is 0 Å². The van der Waals surface area contributed by atoms with Crippen LogP contribution in [0.5, 0.6) is 0 Å². The molecule has 0 aliphatic heterocycles. The van der Waals surface area contributed by atoms with Crippen LogP contribution in [0.15, 0.2) is 29.2 Å². The van der Waals surface area contributed by atoms with Crippen LogP contribution in [0.4, 0.5) is 0 Å². The fraction of sp³-hybridized carbons (Fsp3) is 0.625. The third-order valence-corrected chi connectivity index (χ3v) is 6.19. The number of hydrogen-bond donors (Lipinski definition) is 0. The van der Waals surface area contributed by atoms with Gasteiger partial charge in [-0.2, -0.15) is 8.42 Å². The molecule has 0 spiro atoms. The Hall–Kier alpha value is -0.870. The van der Waals surface area contributed by atoms with Crippen molar-refractivity contribution in [1.82, 2.24) is 0 Å². The van der Waals surface area contributed by atoms with Crippen LogP contribution in [0.2, 0.25) is 0 Å². The van der Waals surface area contributed by atoms with Crippen molar-refractivity contribution in [2.45, 2.75) is 56.4 Å². The van der Waals surface area contributed by atoms with Crippen LogP contribution in [0.25, 0.3) is 0 Å². The maximum atomic E-state index is 12.3. The molecule has 0 N–H and O–H groups in total. The molecule has 3 unspecified atom stereocenters. The fourth-order valence-corrected chi connectivity index (χ4v) is 4.80. The SMILES string of the molecule is Cc1ccc(S(=O)(=O)OC2CCC3CCCC3C2)cc1. The molecule has 0 bridgehead atoms. The van der Waals surface area contributed by atoms with E-state index in [1.54, 1.807) is 12.1 Å². The zero-order valence-electron chi connectivity index (χ0n) is 11.9. The molecular weight excluding hydrogens is 272 g/mol. The van der Waals surface area contributed by atoms with Gasteiger partial charge in [-0.3, -0.25) is 4.18 Å². The van der Waals surface area contributed by atoms with Crippen LogP contribution < -0.4 is 0 Å². The highest BCUT2D eigenvalue weighted by Gasteiger charge is 2.36. The van der Waals surface area contributed by atoms with Crippen LogP contribution in [-0.4, -0.2) is 14.5 Å². The average molecular weight is 294 g/mol. The summed E-state index contributed by atoms with van der Waals surface area (Å²) in [4.78, 5) is 0.275. The smallest absolute Gasteiger partial charge is 0.263 e. The molecule has 3 nitrogen and oxygen atoms in total. The Morgan fingerprint density at radius 3 is 2.45 bits per heavy atom. The summed E-state index contributed by atoms with van der Waals surface area (Å²) in [5.41, 5.74) is 1.05. The molecule has 20 heavy (non-hydrogen) atoms. The second-order valence-electron chi connectivity index (χ2n) is 6.25. The van der Waals surface area contributed by atoms with Crippen molar-refractivity contribution in [3.05, 3.63) is 29.8 Å². The van der Waals surface area contributed by atoms with Crippen LogP contribution in [0.3, 0.4) is 0 Å². The summed E-state index contributed by atoms with van der Waals surface area (Å²) < 4.78 is 30.0. The predicted octanol–water partition coefficient (Wildman–Crippen LogP) is 3.67. The molecular formula is C16H22O3S. The molecule has 110 valence electrons. The first-order valence-corrected chi connectivity index (χ1v) is 8.95. The highest BCUT2D eigenvalue weighted by Crippen LogP contribution is 2.43. The van der Waals surface area contributed by atoms with Gasteiger partial charge in [0.05, 0.1) is 11.0 Å². The molecule has 0 amide bonds. The highest BCUT2D eigenvalue weighted by molar-refractivity contribution is 7.86. The van der Waals surface area contributed by atoms with Gasteiger partial charge >= 0.3 is 0 Å². The van der Waals surface area contributed by atoms with Crippen molar-refractivity contribution < 1.29 is 12.6 Å². The van der Waals surface area contributed by atoms with E-state index in [0.717, 1.165) is 30.7 Å². The number of rotatable bonds is 3. The highest BCUT2D eigenvalue weighted by atomic mass is 32.2. The molecule has 2 aliphatic carbocycles. The van der Waals surface area contributed by atoms with Gasteiger partial charge in [0.1, 0.15) is 0 Å². The van der Waals surface area contributed by atoms with Crippen LogP contribution in [0.1, 0.15) is 44.1 Å². The quantitative estimate of drug-likeness (QED) is 0.799. The van der Waals surface area contributed by atoms with E-state index in [1.807, 2.05) is 19.1 Å². The molecule has 2 fully saturated rings. The molecule has 2 aliphatic rings. The molecule has 3 atom stereocenters. The minimum absolute atomic E-state index is 0.124. The van der Waals surface area contributed by atoms with E-state index in [0.29, 0.717) is 5.92 Å². The summed E-state index contributed by atoms with van der Waals surface area (Å²) in [6.07, 6.45) is 6.66. The van der Waals surface area contributed by atoms with E-state index < -0.39 is 10.1 Å². The Balaban J connectivity index is 1.69. The fourth-order valence-electron chi connectivity index (χ4n) is 3.69. The summed E-state index contributed by atoms with van der Waals surface area (Å²) >= 11 is 0. The van der Waals surface area contributed by atoms with Gasteiger partial charge in [-0.15, -0.1) is 0 Å². The van der Waals surface area contributed by atoms with Crippen LogP contribution in [-0.2, 0) is 14.3 Å². The van der Waals surface area contributed by atoms with Crippen molar-refractivity contribution >= 4 is 10.1 Å². The predicted molar refractivity (Wildman–Crippen MR) is 77.9 cm³/mol. The summed E-state index contributed by atoms with van der Waals surface area (Å²) in [5.74, 6) is 1.50. The Morgan fingerprint density at radius 2 is 1.70 bits per heavy atom. The first-order chi connectivity index (χ1) is 9.54. The lowest BCUT2D eigenvalue weighted by Gasteiger charge is -2.31.